The number of unbranched alkanes of at least 4 members (excludes halogenated alkanes) is 2. The molecule has 0 aromatic carbocycles. The predicted octanol–water partition coefficient (Wildman–Crippen LogP) is 1.36. The fourth-order valence-electron chi connectivity index (χ4n) is 2.56. The maximum Gasteiger partial charge on any atom is 0.228 e. The third-order valence-corrected chi connectivity index (χ3v) is 3.77. The van der Waals surface area contributed by atoms with Crippen molar-refractivity contribution in [3.63, 3.8) is 0 Å². The number of methoxy groups -OCH3 is 2. The summed E-state index contributed by atoms with van der Waals surface area (Å²) in [6.45, 7) is 3.86. The minimum atomic E-state index is -0.327. The first-order valence-electron chi connectivity index (χ1n) is 7.22. The molecular formula is C14H29ClN2O3. The van der Waals surface area contributed by atoms with Gasteiger partial charge in [-0.3, -0.25) is 4.79 Å². The predicted molar refractivity (Wildman–Crippen MR) is 82.4 cm³/mol. The van der Waals surface area contributed by atoms with Gasteiger partial charge in [0.25, 0.3) is 0 Å². The first-order chi connectivity index (χ1) is 9.25. The lowest BCUT2D eigenvalue weighted by Gasteiger charge is -2.35. The second kappa shape index (κ2) is 11.3. The largest absolute Gasteiger partial charge is 0.385 e. The Hall–Kier alpha value is -0.360. The van der Waals surface area contributed by atoms with Crippen molar-refractivity contribution in [2.75, 3.05) is 47.1 Å². The maximum atomic E-state index is 12.4. The lowest BCUT2D eigenvalue weighted by atomic mass is 9.78. The Morgan fingerprint density at radius 3 is 2.45 bits per heavy atom. The Morgan fingerprint density at radius 2 is 1.85 bits per heavy atom. The average Bonchev–Trinajstić information content (AvgIpc) is 2.44. The molecule has 1 aliphatic heterocycles. The van der Waals surface area contributed by atoms with E-state index in [0.29, 0.717) is 6.61 Å². The molecule has 1 aliphatic rings. The van der Waals surface area contributed by atoms with Crippen LogP contribution in [0.25, 0.3) is 0 Å². The Bertz CT molecular complexity index is 253. The van der Waals surface area contributed by atoms with Gasteiger partial charge < -0.3 is 20.1 Å². The van der Waals surface area contributed by atoms with Crippen LogP contribution in [-0.4, -0.2) is 53.0 Å². The molecule has 0 spiro atoms. The van der Waals surface area contributed by atoms with Crippen LogP contribution in [0.2, 0.25) is 0 Å². The molecule has 0 radical (unpaired) electrons. The molecule has 1 rings (SSSR count). The minimum Gasteiger partial charge on any atom is -0.385 e. The molecule has 6 heteroatoms. The molecule has 0 atom stereocenters. The van der Waals surface area contributed by atoms with E-state index in [2.05, 4.69) is 10.6 Å². The summed E-state index contributed by atoms with van der Waals surface area (Å²) < 4.78 is 10.3. The molecule has 2 N–H and O–H groups in total. The quantitative estimate of drug-likeness (QED) is 0.631. The van der Waals surface area contributed by atoms with Gasteiger partial charge in [-0.05, 0) is 45.2 Å². The molecule has 0 unspecified atom stereocenters. The molecular weight excluding hydrogens is 280 g/mol. The van der Waals surface area contributed by atoms with E-state index < -0.39 is 0 Å². The summed E-state index contributed by atoms with van der Waals surface area (Å²) in [5, 5.41) is 6.36. The summed E-state index contributed by atoms with van der Waals surface area (Å²) in [5.41, 5.74) is -0.327. The van der Waals surface area contributed by atoms with Crippen LogP contribution >= 0.6 is 12.4 Å². The van der Waals surface area contributed by atoms with Gasteiger partial charge in [0.2, 0.25) is 5.91 Å². The first kappa shape index (κ1) is 19.6. The number of nitrogens with one attached hydrogen (secondary N) is 2. The third kappa shape index (κ3) is 6.39. The standard InChI is InChI=1S/C14H28N2O3.ClH/c1-18-11-5-3-4-8-16-13(17)14(12-19-2)6-9-15-10-7-14;/h15H,3-12H2,1-2H3,(H,16,17);1H. The van der Waals surface area contributed by atoms with Crippen molar-refractivity contribution in [3.05, 3.63) is 0 Å². The van der Waals surface area contributed by atoms with Crippen LogP contribution in [0.1, 0.15) is 32.1 Å². The summed E-state index contributed by atoms with van der Waals surface area (Å²) in [4.78, 5) is 12.4. The molecule has 0 bridgehead atoms. The maximum absolute atomic E-state index is 12.4. The molecule has 1 heterocycles. The van der Waals surface area contributed by atoms with Crippen LogP contribution in [0, 0.1) is 5.41 Å². The van der Waals surface area contributed by atoms with Gasteiger partial charge in [-0.15, -0.1) is 12.4 Å². The smallest absolute Gasteiger partial charge is 0.228 e. The topological polar surface area (TPSA) is 59.6 Å². The zero-order chi connectivity index (χ0) is 14.0. The van der Waals surface area contributed by atoms with Gasteiger partial charge in [0, 0.05) is 27.4 Å². The summed E-state index contributed by atoms with van der Waals surface area (Å²) in [6, 6.07) is 0. The zero-order valence-corrected chi connectivity index (χ0v) is 13.5. The van der Waals surface area contributed by atoms with Gasteiger partial charge in [0.1, 0.15) is 0 Å². The Morgan fingerprint density at radius 1 is 1.15 bits per heavy atom. The Kier molecular flexibility index (Phi) is 11.1. The van der Waals surface area contributed by atoms with Crippen LogP contribution in [0.3, 0.4) is 0 Å². The number of hydrogen-bond acceptors (Lipinski definition) is 4. The SMILES string of the molecule is COCCCCCNC(=O)C1(COC)CCNCC1.Cl. The van der Waals surface area contributed by atoms with E-state index in [1.54, 1.807) is 14.2 Å². The monoisotopic (exact) mass is 308 g/mol. The van der Waals surface area contributed by atoms with Crippen molar-refractivity contribution in [1.82, 2.24) is 10.6 Å². The van der Waals surface area contributed by atoms with Crippen LogP contribution in [0.15, 0.2) is 0 Å². The molecule has 1 amide bonds. The van der Waals surface area contributed by atoms with Crippen LogP contribution in [0.5, 0.6) is 0 Å². The van der Waals surface area contributed by atoms with Gasteiger partial charge in [-0.2, -0.15) is 0 Å². The molecule has 0 aliphatic carbocycles. The van der Waals surface area contributed by atoms with E-state index in [0.717, 1.165) is 58.3 Å². The Balaban J connectivity index is 0.00000361. The molecule has 1 fully saturated rings. The van der Waals surface area contributed by atoms with Gasteiger partial charge in [0.05, 0.1) is 12.0 Å². The normalized spacial score (nSPS) is 17.3. The zero-order valence-electron chi connectivity index (χ0n) is 12.7. The number of carbonyl (C=O) groups is 1. The van der Waals surface area contributed by atoms with E-state index in [4.69, 9.17) is 9.47 Å². The fourth-order valence-corrected chi connectivity index (χ4v) is 2.56. The molecule has 1 saturated heterocycles. The molecule has 0 saturated carbocycles. The van der Waals surface area contributed by atoms with Crippen LogP contribution < -0.4 is 10.6 Å². The van der Waals surface area contributed by atoms with E-state index in [1.807, 2.05) is 0 Å². The number of rotatable bonds is 9. The second-order valence-corrected chi connectivity index (χ2v) is 5.27. The molecule has 20 heavy (non-hydrogen) atoms. The average molecular weight is 309 g/mol. The highest BCUT2D eigenvalue weighted by molar-refractivity contribution is 5.85. The molecule has 0 aromatic heterocycles. The highest BCUT2D eigenvalue weighted by Gasteiger charge is 2.39. The van der Waals surface area contributed by atoms with Crippen LogP contribution in [-0.2, 0) is 14.3 Å². The van der Waals surface area contributed by atoms with Crippen molar-refractivity contribution >= 4 is 18.3 Å². The van der Waals surface area contributed by atoms with Crippen molar-refractivity contribution in [2.45, 2.75) is 32.1 Å². The fraction of sp³-hybridized carbons (Fsp3) is 0.929. The van der Waals surface area contributed by atoms with Crippen molar-refractivity contribution in [1.29, 1.82) is 0 Å². The van der Waals surface area contributed by atoms with Crippen molar-refractivity contribution < 1.29 is 14.3 Å². The second-order valence-electron chi connectivity index (χ2n) is 5.27. The first-order valence-corrected chi connectivity index (χ1v) is 7.22. The number of ether oxygens (including phenoxy) is 2. The summed E-state index contributed by atoms with van der Waals surface area (Å²) in [6.07, 6.45) is 4.87. The van der Waals surface area contributed by atoms with E-state index in [1.165, 1.54) is 0 Å². The number of halogens is 1. The van der Waals surface area contributed by atoms with Gasteiger partial charge in [0.15, 0.2) is 0 Å². The van der Waals surface area contributed by atoms with Crippen molar-refractivity contribution in [3.8, 4) is 0 Å². The number of amides is 1. The highest BCUT2D eigenvalue weighted by Crippen LogP contribution is 2.29. The molecule has 0 aromatic rings. The molecule has 120 valence electrons. The van der Waals surface area contributed by atoms with Crippen LogP contribution in [0.4, 0.5) is 0 Å². The highest BCUT2D eigenvalue weighted by atomic mass is 35.5. The lowest BCUT2D eigenvalue weighted by Crippen LogP contribution is -2.50. The Labute approximate surface area is 128 Å². The summed E-state index contributed by atoms with van der Waals surface area (Å²) in [5.74, 6) is 0.155. The minimum absolute atomic E-state index is 0. The summed E-state index contributed by atoms with van der Waals surface area (Å²) >= 11 is 0. The number of hydrogen-bond donors (Lipinski definition) is 2. The van der Waals surface area contributed by atoms with Gasteiger partial charge in [-0.25, -0.2) is 0 Å². The number of piperidine rings is 1. The van der Waals surface area contributed by atoms with E-state index in [-0.39, 0.29) is 23.7 Å². The van der Waals surface area contributed by atoms with E-state index >= 15 is 0 Å². The van der Waals surface area contributed by atoms with Gasteiger partial charge >= 0.3 is 0 Å². The van der Waals surface area contributed by atoms with Crippen molar-refractivity contribution in [2.24, 2.45) is 5.41 Å². The third-order valence-electron chi connectivity index (χ3n) is 3.77. The molecule has 5 nitrogen and oxygen atoms in total. The van der Waals surface area contributed by atoms with Gasteiger partial charge in [-0.1, -0.05) is 0 Å². The lowest BCUT2D eigenvalue weighted by molar-refractivity contribution is -0.136. The van der Waals surface area contributed by atoms with E-state index in [9.17, 15) is 4.79 Å². The number of carbonyl (C=O) groups excluding carboxylic acids is 1. The summed E-state index contributed by atoms with van der Waals surface area (Å²) in [7, 11) is 3.38.